The first kappa shape index (κ1) is 41.4. The van der Waals surface area contributed by atoms with Crippen molar-refractivity contribution in [1.29, 1.82) is 5.26 Å². The fourth-order valence-corrected chi connectivity index (χ4v) is 9.87. The summed E-state index contributed by atoms with van der Waals surface area (Å²) in [6, 6.07) is 20.9. The summed E-state index contributed by atoms with van der Waals surface area (Å²) in [6.45, 7) is 13.3. The van der Waals surface area contributed by atoms with Gasteiger partial charge in [-0.1, -0.05) is 27.7 Å². The molecule has 4 aliphatic rings. The van der Waals surface area contributed by atoms with Crippen LogP contribution in [0.4, 0.5) is 5.69 Å². The van der Waals surface area contributed by atoms with Crippen LogP contribution in [0.15, 0.2) is 72.9 Å². The highest BCUT2D eigenvalue weighted by molar-refractivity contribution is 6.23. The van der Waals surface area contributed by atoms with Gasteiger partial charge in [0.05, 0.1) is 28.8 Å². The molecule has 2 N–H and O–H groups in total. The number of carbonyl (C=O) groups excluding carboxylic acids is 5. The monoisotopic (exact) mass is 825 g/mol. The van der Waals surface area contributed by atoms with E-state index in [9.17, 15) is 29.2 Å². The van der Waals surface area contributed by atoms with Crippen molar-refractivity contribution < 1.29 is 33.4 Å². The van der Waals surface area contributed by atoms with Crippen molar-refractivity contribution in [2.24, 2.45) is 10.8 Å². The molecule has 61 heavy (non-hydrogen) atoms. The van der Waals surface area contributed by atoms with E-state index in [1.54, 1.807) is 36.5 Å². The second kappa shape index (κ2) is 16.6. The number of nitriles is 1. The Labute approximate surface area is 355 Å². The summed E-state index contributed by atoms with van der Waals surface area (Å²) in [6.07, 6.45) is 4.65. The Morgan fingerprint density at radius 1 is 0.902 bits per heavy atom. The van der Waals surface area contributed by atoms with E-state index in [0.29, 0.717) is 34.6 Å². The van der Waals surface area contributed by atoms with Crippen molar-refractivity contribution in [3.63, 3.8) is 0 Å². The van der Waals surface area contributed by atoms with Crippen LogP contribution in [0.2, 0.25) is 0 Å². The third-order valence-electron chi connectivity index (χ3n) is 12.9. The zero-order chi connectivity index (χ0) is 43.1. The van der Waals surface area contributed by atoms with Crippen molar-refractivity contribution >= 4 is 46.1 Å². The van der Waals surface area contributed by atoms with Gasteiger partial charge < -0.3 is 19.7 Å². The molecule has 14 heteroatoms. The van der Waals surface area contributed by atoms with Gasteiger partial charge in [0.25, 0.3) is 17.7 Å². The van der Waals surface area contributed by atoms with Crippen LogP contribution in [0.25, 0.3) is 10.9 Å². The Bertz CT molecular complexity index is 2420. The minimum Gasteiger partial charge on any atom is -0.494 e. The van der Waals surface area contributed by atoms with Crippen molar-refractivity contribution in [1.82, 2.24) is 25.4 Å². The van der Waals surface area contributed by atoms with E-state index in [1.807, 2.05) is 36.4 Å². The SMILES string of the molecule is CC1(C)C(NC(=O)c2ccc(OCCCCCN3CCN(c4ccc5c(c4)C(=O)N(C4CCC(=O)NC4=O)C5=O)CC3)cc2)C(C)(C)C1Oc1ccc(C#N)c2ncccc12. The summed E-state index contributed by atoms with van der Waals surface area (Å²) >= 11 is 0. The molecule has 2 saturated heterocycles. The molecule has 0 bridgehead atoms. The maximum absolute atomic E-state index is 13.5. The molecule has 1 aliphatic carbocycles. The summed E-state index contributed by atoms with van der Waals surface area (Å²) in [5, 5.41) is 15.8. The van der Waals surface area contributed by atoms with Gasteiger partial charge >= 0.3 is 0 Å². The molecule has 1 unspecified atom stereocenters. The first-order valence-electron chi connectivity index (χ1n) is 21.1. The van der Waals surface area contributed by atoms with E-state index >= 15 is 0 Å². The number of aromatic nitrogens is 1. The smallest absolute Gasteiger partial charge is 0.262 e. The van der Waals surface area contributed by atoms with Crippen molar-refractivity contribution in [3.05, 3.63) is 95.2 Å². The van der Waals surface area contributed by atoms with Crippen LogP contribution in [-0.2, 0) is 9.59 Å². The molecule has 0 spiro atoms. The molecule has 1 saturated carbocycles. The number of nitrogens with zero attached hydrogens (tertiary/aromatic N) is 5. The number of rotatable bonds is 13. The fourth-order valence-electron chi connectivity index (χ4n) is 9.87. The third kappa shape index (κ3) is 7.90. The molecule has 1 aromatic heterocycles. The molecular weight excluding hydrogens is 775 g/mol. The summed E-state index contributed by atoms with van der Waals surface area (Å²) < 4.78 is 12.6. The molecule has 4 aromatic rings. The molecule has 3 aromatic carbocycles. The van der Waals surface area contributed by atoms with Crippen LogP contribution < -0.4 is 25.0 Å². The Morgan fingerprint density at radius 2 is 1.64 bits per heavy atom. The predicted molar refractivity (Wildman–Crippen MR) is 227 cm³/mol. The predicted octanol–water partition coefficient (Wildman–Crippen LogP) is 5.49. The number of fused-ring (bicyclic) bond motifs is 2. The van der Waals surface area contributed by atoms with Gasteiger partial charge in [0.1, 0.15) is 29.7 Å². The average molecular weight is 826 g/mol. The van der Waals surface area contributed by atoms with Crippen molar-refractivity contribution in [2.75, 3.05) is 44.2 Å². The Hall–Kier alpha value is -6.33. The summed E-state index contributed by atoms with van der Waals surface area (Å²) in [4.78, 5) is 73.9. The number of anilines is 1. The lowest BCUT2D eigenvalue weighted by atomic mass is 9.49. The molecule has 4 heterocycles. The Kier molecular flexibility index (Phi) is 11.3. The number of imide groups is 2. The number of pyridine rings is 1. The molecule has 5 amide bonds. The highest BCUT2D eigenvalue weighted by Gasteiger charge is 2.64. The quantitative estimate of drug-likeness (QED) is 0.129. The van der Waals surface area contributed by atoms with Crippen LogP contribution in [0, 0.1) is 22.2 Å². The number of carbonyl (C=O) groups is 5. The fraction of sp³-hybridized carbons (Fsp3) is 0.426. The largest absolute Gasteiger partial charge is 0.494 e. The number of nitrogens with one attached hydrogen (secondary N) is 2. The second-order valence-corrected chi connectivity index (χ2v) is 17.6. The van der Waals surface area contributed by atoms with Gasteiger partial charge in [-0.2, -0.15) is 5.26 Å². The van der Waals surface area contributed by atoms with E-state index in [1.165, 1.54) is 0 Å². The van der Waals surface area contributed by atoms with Crippen LogP contribution in [0.3, 0.4) is 0 Å². The van der Waals surface area contributed by atoms with Gasteiger partial charge in [-0.25, -0.2) is 0 Å². The number of piperidine rings is 1. The zero-order valence-corrected chi connectivity index (χ0v) is 35.0. The summed E-state index contributed by atoms with van der Waals surface area (Å²) in [5.41, 5.74) is 2.37. The third-order valence-corrected chi connectivity index (χ3v) is 12.9. The molecule has 316 valence electrons. The lowest BCUT2D eigenvalue weighted by Crippen LogP contribution is -2.74. The molecule has 3 aliphatic heterocycles. The van der Waals surface area contributed by atoms with Gasteiger partial charge in [0, 0.05) is 72.3 Å². The molecule has 1 atom stereocenters. The maximum Gasteiger partial charge on any atom is 0.262 e. The molecule has 0 radical (unpaired) electrons. The highest BCUT2D eigenvalue weighted by Crippen LogP contribution is 2.56. The van der Waals surface area contributed by atoms with E-state index < -0.39 is 29.7 Å². The van der Waals surface area contributed by atoms with Gasteiger partial charge in [-0.15, -0.1) is 0 Å². The van der Waals surface area contributed by atoms with Crippen LogP contribution in [0.5, 0.6) is 11.5 Å². The summed E-state index contributed by atoms with van der Waals surface area (Å²) in [7, 11) is 0. The van der Waals surface area contributed by atoms with Gasteiger partial charge in [0.2, 0.25) is 11.8 Å². The number of hydrogen-bond acceptors (Lipinski definition) is 11. The van der Waals surface area contributed by atoms with E-state index in [0.717, 1.165) is 73.7 Å². The lowest BCUT2D eigenvalue weighted by Gasteiger charge is -2.63. The van der Waals surface area contributed by atoms with Gasteiger partial charge in [-0.05, 0) is 99.0 Å². The number of unbranched alkanes of at least 4 members (excludes halogenated alkanes) is 2. The van der Waals surface area contributed by atoms with Crippen LogP contribution >= 0.6 is 0 Å². The minimum atomic E-state index is -0.977. The number of amides is 5. The molecular formula is C47H51N7O7. The minimum absolute atomic E-state index is 0.0874. The average Bonchev–Trinajstić information content (AvgIpc) is 3.50. The van der Waals surface area contributed by atoms with Crippen molar-refractivity contribution in [3.8, 4) is 17.6 Å². The van der Waals surface area contributed by atoms with E-state index in [4.69, 9.17) is 9.47 Å². The standard InChI is InChI=1S/C47H51N7O7/c1-46(2)44(47(3,4)45(46)61-37-18-12-30(28-48)39-34(37)9-8-20-49-39)51-40(56)29-10-14-32(15-11-29)60-26-7-5-6-21-52-22-24-53(25-23-52)31-13-16-33-35(27-31)43(59)54(42(33)58)36-17-19-38(55)50-41(36)57/h8-16,18,20,27,36,44-45H,5-7,17,19,21-26H2,1-4H3,(H,51,56)(H,50,55,57). The highest BCUT2D eigenvalue weighted by atomic mass is 16.5. The van der Waals surface area contributed by atoms with Crippen molar-refractivity contribution in [2.45, 2.75) is 78.0 Å². The summed E-state index contributed by atoms with van der Waals surface area (Å²) in [5.74, 6) is -0.763. The lowest BCUT2D eigenvalue weighted by molar-refractivity contribution is -0.163. The Balaban J connectivity index is 0.744. The van der Waals surface area contributed by atoms with E-state index in [-0.39, 0.29) is 47.3 Å². The van der Waals surface area contributed by atoms with Gasteiger partial charge in [-0.3, -0.25) is 44.1 Å². The number of hydrogen-bond donors (Lipinski definition) is 2. The number of ether oxygens (including phenoxy) is 2. The number of benzene rings is 3. The zero-order valence-electron chi connectivity index (χ0n) is 35.0. The first-order valence-corrected chi connectivity index (χ1v) is 21.1. The molecule has 3 fully saturated rings. The van der Waals surface area contributed by atoms with Crippen LogP contribution in [0.1, 0.15) is 96.4 Å². The topological polar surface area (TPSA) is 174 Å². The number of piperazine rings is 1. The first-order chi connectivity index (χ1) is 29.3. The maximum atomic E-state index is 13.5. The molecule has 8 rings (SSSR count). The molecule has 14 nitrogen and oxygen atoms in total. The van der Waals surface area contributed by atoms with Gasteiger partial charge in [0.15, 0.2) is 0 Å². The Morgan fingerprint density at radius 3 is 2.36 bits per heavy atom. The normalized spacial score (nSPS) is 22.0. The second-order valence-electron chi connectivity index (χ2n) is 17.6. The van der Waals surface area contributed by atoms with Crippen LogP contribution in [-0.4, -0.2) is 102 Å². The van der Waals surface area contributed by atoms with E-state index in [2.05, 4.69) is 59.2 Å².